The lowest BCUT2D eigenvalue weighted by Gasteiger charge is -2.26. The molecule has 1 aromatic carbocycles. The van der Waals surface area contributed by atoms with Crippen LogP contribution in [0.3, 0.4) is 0 Å². The van der Waals surface area contributed by atoms with Gasteiger partial charge >= 0.3 is 0 Å². The molecule has 19 heavy (non-hydrogen) atoms. The van der Waals surface area contributed by atoms with Gasteiger partial charge in [0.15, 0.2) is 0 Å². The second-order valence-corrected chi connectivity index (χ2v) is 5.03. The van der Waals surface area contributed by atoms with Crippen molar-refractivity contribution in [3.05, 3.63) is 35.9 Å². The SMILES string of the molecule is CCC(C(=O)N(CC)CCC(N)=S)c1ccccc1. The van der Waals surface area contributed by atoms with Crippen LogP contribution < -0.4 is 5.73 Å². The molecular formula is C15H22N2OS. The van der Waals surface area contributed by atoms with Crippen LogP contribution in [0.1, 0.15) is 38.2 Å². The Kier molecular flexibility index (Phi) is 6.50. The van der Waals surface area contributed by atoms with Gasteiger partial charge in [0.05, 0.1) is 10.9 Å². The van der Waals surface area contributed by atoms with Crippen molar-refractivity contribution in [1.29, 1.82) is 0 Å². The van der Waals surface area contributed by atoms with Crippen LogP contribution in [0, 0.1) is 0 Å². The molecule has 2 N–H and O–H groups in total. The molecule has 1 aromatic rings. The number of hydrogen-bond acceptors (Lipinski definition) is 2. The van der Waals surface area contributed by atoms with E-state index in [1.807, 2.05) is 49.1 Å². The molecule has 0 aromatic heterocycles. The van der Waals surface area contributed by atoms with Crippen LogP contribution in [0.4, 0.5) is 0 Å². The lowest BCUT2D eigenvalue weighted by atomic mass is 9.95. The Morgan fingerprint density at radius 3 is 2.42 bits per heavy atom. The van der Waals surface area contributed by atoms with Crippen LogP contribution in [-0.2, 0) is 4.79 Å². The van der Waals surface area contributed by atoms with Gasteiger partial charge in [0.1, 0.15) is 0 Å². The zero-order chi connectivity index (χ0) is 14.3. The number of likely N-dealkylation sites (N-methyl/N-ethyl adjacent to an activating group) is 1. The summed E-state index contributed by atoms with van der Waals surface area (Å²) >= 11 is 4.88. The smallest absolute Gasteiger partial charge is 0.230 e. The molecule has 0 saturated heterocycles. The van der Waals surface area contributed by atoms with Crippen LogP contribution in [0.15, 0.2) is 30.3 Å². The van der Waals surface area contributed by atoms with Crippen LogP contribution in [0.25, 0.3) is 0 Å². The Morgan fingerprint density at radius 1 is 1.32 bits per heavy atom. The molecule has 1 atom stereocenters. The molecule has 0 aliphatic carbocycles. The minimum atomic E-state index is -0.0764. The second kappa shape index (κ2) is 7.89. The number of carbonyl (C=O) groups is 1. The predicted molar refractivity (Wildman–Crippen MR) is 83.1 cm³/mol. The number of nitrogens with two attached hydrogens (primary N) is 1. The predicted octanol–water partition coefficient (Wildman–Crippen LogP) is 2.70. The number of benzene rings is 1. The summed E-state index contributed by atoms with van der Waals surface area (Å²) < 4.78 is 0. The molecule has 1 amide bonds. The third kappa shape index (κ3) is 4.63. The number of amides is 1. The van der Waals surface area contributed by atoms with E-state index in [9.17, 15) is 4.79 Å². The van der Waals surface area contributed by atoms with E-state index in [2.05, 4.69) is 0 Å². The molecule has 0 saturated carbocycles. The Morgan fingerprint density at radius 2 is 1.95 bits per heavy atom. The molecule has 0 radical (unpaired) electrons. The van der Waals surface area contributed by atoms with Crippen molar-refractivity contribution in [2.24, 2.45) is 5.73 Å². The van der Waals surface area contributed by atoms with Crippen LogP contribution in [0.2, 0.25) is 0 Å². The Hall–Kier alpha value is -1.42. The van der Waals surface area contributed by atoms with Crippen molar-refractivity contribution in [2.45, 2.75) is 32.6 Å². The molecule has 104 valence electrons. The normalized spacial score (nSPS) is 11.9. The molecule has 0 fully saturated rings. The van der Waals surface area contributed by atoms with Gasteiger partial charge in [-0.05, 0) is 18.9 Å². The molecule has 3 nitrogen and oxygen atoms in total. The van der Waals surface area contributed by atoms with Crippen molar-refractivity contribution < 1.29 is 4.79 Å². The molecule has 0 bridgehead atoms. The molecular weight excluding hydrogens is 256 g/mol. The first-order chi connectivity index (χ1) is 9.10. The minimum Gasteiger partial charge on any atom is -0.393 e. The number of hydrogen-bond donors (Lipinski definition) is 1. The van der Waals surface area contributed by atoms with Crippen LogP contribution >= 0.6 is 12.2 Å². The van der Waals surface area contributed by atoms with Gasteiger partial charge in [0, 0.05) is 19.5 Å². The number of carbonyl (C=O) groups excluding carboxylic acids is 1. The Bertz CT molecular complexity index is 419. The van der Waals surface area contributed by atoms with Gasteiger partial charge in [-0.25, -0.2) is 0 Å². The molecule has 1 rings (SSSR count). The van der Waals surface area contributed by atoms with Gasteiger partial charge in [-0.2, -0.15) is 0 Å². The molecule has 0 aliphatic heterocycles. The lowest BCUT2D eigenvalue weighted by Crippen LogP contribution is -2.37. The maximum absolute atomic E-state index is 12.6. The zero-order valence-electron chi connectivity index (χ0n) is 11.6. The summed E-state index contributed by atoms with van der Waals surface area (Å²) in [6, 6.07) is 9.92. The summed E-state index contributed by atoms with van der Waals surface area (Å²) in [5.74, 6) is 0.0833. The summed E-state index contributed by atoms with van der Waals surface area (Å²) in [6.45, 7) is 5.31. The molecule has 1 unspecified atom stereocenters. The van der Waals surface area contributed by atoms with E-state index in [-0.39, 0.29) is 11.8 Å². The summed E-state index contributed by atoms with van der Waals surface area (Å²) in [7, 11) is 0. The second-order valence-electron chi connectivity index (χ2n) is 4.51. The highest BCUT2D eigenvalue weighted by Crippen LogP contribution is 2.22. The van der Waals surface area contributed by atoms with Gasteiger partial charge in [-0.15, -0.1) is 0 Å². The highest BCUT2D eigenvalue weighted by Gasteiger charge is 2.23. The van der Waals surface area contributed by atoms with E-state index < -0.39 is 0 Å². The molecule has 0 aliphatic rings. The largest absolute Gasteiger partial charge is 0.393 e. The number of thiocarbonyl (C=S) groups is 1. The van der Waals surface area contributed by atoms with Gasteiger partial charge in [0.2, 0.25) is 5.91 Å². The zero-order valence-corrected chi connectivity index (χ0v) is 12.5. The first-order valence-corrected chi connectivity index (χ1v) is 7.13. The first-order valence-electron chi connectivity index (χ1n) is 6.72. The average molecular weight is 278 g/mol. The standard InChI is InChI=1S/C15H22N2OS/c1-3-13(12-8-6-5-7-9-12)15(18)17(4-2)11-10-14(16)19/h5-9,13H,3-4,10-11H2,1-2H3,(H2,16,19). The van der Waals surface area contributed by atoms with E-state index in [1.54, 1.807) is 0 Å². The van der Waals surface area contributed by atoms with Gasteiger partial charge in [-0.1, -0.05) is 49.5 Å². The maximum Gasteiger partial charge on any atom is 0.230 e. The number of nitrogens with zero attached hydrogens (tertiary/aromatic N) is 1. The van der Waals surface area contributed by atoms with Crippen molar-refractivity contribution in [2.75, 3.05) is 13.1 Å². The fourth-order valence-electron chi connectivity index (χ4n) is 2.13. The fraction of sp³-hybridized carbons (Fsp3) is 0.467. The monoisotopic (exact) mass is 278 g/mol. The Labute approximate surface area is 120 Å². The van der Waals surface area contributed by atoms with E-state index in [0.29, 0.717) is 24.5 Å². The number of rotatable bonds is 7. The minimum absolute atomic E-state index is 0.0764. The summed E-state index contributed by atoms with van der Waals surface area (Å²) in [5, 5.41) is 0. The van der Waals surface area contributed by atoms with E-state index in [1.165, 1.54) is 0 Å². The van der Waals surface area contributed by atoms with E-state index in [4.69, 9.17) is 18.0 Å². The van der Waals surface area contributed by atoms with Crippen molar-refractivity contribution in [3.63, 3.8) is 0 Å². The fourth-order valence-corrected chi connectivity index (χ4v) is 2.22. The lowest BCUT2D eigenvalue weighted by molar-refractivity contribution is -0.132. The third-order valence-electron chi connectivity index (χ3n) is 3.23. The Balaban J connectivity index is 2.79. The third-order valence-corrected chi connectivity index (χ3v) is 3.43. The quantitative estimate of drug-likeness (QED) is 0.780. The van der Waals surface area contributed by atoms with Gasteiger partial charge in [0.25, 0.3) is 0 Å². The first kappa shape index (κ1) is 15.6. The van der Waals surface area contributed by atoms with Crippen molar-refractivity contribution >= 4 is 23.1 Å². The highest BCUT2D eigenvalue weighted by atomic mass is 32.1. The molecule has 0 spiro atoms. The van der Waals surface area contributed by atoms with Crippen molar-refractivity contribution in [1.82, 2.24) is 4.90 Å². The van der Waals surface area contributed by atoms with Crippen LogP contribution in [-0.4, -0.2) is 28.9 Å². The average Bonchev–Trinajstić information content (AvgIpc) is 2.41. The van der Waals surface area contributed by atoms with Gasteiger partial charge < -0.3 is 10.6 Å². The summed E-state index contributed by atoms with van der Waals surface area (Å²) in [4.78, 5) is 14.9. The van der Waals surface area contributed by atoms with E-state index >= 15 is 0 Å². The molecule has 0 heterocycles. The maximum atomic E-state index is 12.6. The van der Waals surface area contributed by atoms with Crippen molar-refractivity contribution in [3.8, 4) is 0 Å². The topological polar surface area (TPSA) is 46.3 Å². The summed E-state index contributed by atoms with van der Waals surface area (Å²) in [5.41, 5.74) is 6.58. The highest BCUT2D eigenvalue weighted by molar-refractivity contribution is 7.80. The van der Waals surface area contributed by atoms with E-state index in [0.717, 1.165) is 12.0 Å². The van der Waals surface area contributed by atoms with Crippen LogP contribution in [0.5, 0.6) is 0 Å². The molecule has 4 heteroatoms. The van der Waals surface area contributed by atoms with Gasteiger partial charge in [-0.3, -0.25) is 4.79 Å². The summed E-state index contributed by atoms with van der Waals surface area (Å²) in [6.07, 6.45) is 1.38.